The van der Waals surface area contributed by atoms with Crippen molar-refractivity contribution in [3.63, 3.8) is 0 Å². The summed E-state index contributed by atoms with van der Waals surface area (Å²) in [6, 6.07) is 4.09. The molecule has 0 aliphatic heterocycles. The van der Waals surface area contributed by atoms with E-state index in [1.54, 1.807) is 14.0 Å². The van der Waals surface area contributed by atoms with Crippen molar-refractivity contribution in [3.05, 3.63) is 29.3 Å². The van der Waals surface area contributed by atoms with Gasteiger partial charge in [0.1, 0.15) is 0 Å². The first kappa shape index (κ1) is 17.6. The van der Waals surface area contributed by atoms with E-state index in [-0.39, 0.29) is 10.5 Å². The summed E-state index contributed by atoms with van der Waals surface area (Å²) in [4.78, 5) is 11.0. The quantitative estimate of drug-likeness (QED) is 0.678. The van der Waals surface area contributed by atoms with Crippen LogP contribution in [0.25, 0.3) is 0 Å². The van der Waals surface area contributed by atoms with Gasteiger partial charge in [-0.3, -0.25) is 0 Å². The van der Waals surface area contributed by atoms with Gasteiger partial charge in [0.15, 0.2) is 0 Å². The number of ether oxygens (including phenoxy) is 1. The third-order valence-corrected chi connectivity index (χ3v) is 4.53. The number of carbonyl (C=O) groups is 1. The summed E-state index contributed by atoms with van der Waals surface area (Å²) in [5.41, 5.74) is 0.527. The van der Waals surface area contributed by atoms with Gasteiger partial charge < -0.3 is 9.84 Å². The maximum Gasteiger partial charge on any atom is 0.335 e. The largest absolute Gasteiger partial charge is 0.478 e. The number of benzene rings is 1. The zero-order valence-corrected chi connectivity index (χ0v) is 13.1. The fourth-order valence-electron chi connectivity index (χ4n) is 1.84. The molecule has 0 amide bonds. The summed E-state index contributed by atoms with van der Waals surface area (Å²) in [5.74, 6) is -1.14. The molecule has 0 saturated carbocycles. The molecule has 1 aromatic carbocycles. The summed E-state index contributed by atoms with van der Waals surface area (Å²) < 4.78 is 31.5. The second-order valence-corrected chi connectivity index (χ2v) is 6.50. The first-order valence-electron chi connectivity index (χ1n) is 6.71. The number of hydrogen-bond acceptors (Lipinski definition) is 4. The van der Waals surface area contributed by atoms with E-state index in [1.165, 1.54) is 18.2 Å². The Morgan fingerprint density at radius 1 is 1.29 bits per heavy atom. The predicted octanol–water partition coefficient (Wildman–Crippen LogP) is 1.79. The van der Waals surface area contributed by atoms with Gasteiger partial charge in [0.05, 0.1) is 10.5 Å². The molecule has 7 heteroatoms. The molecule has 0 aromatic heterocycles. The minimum absolute atomic E-state index is 0.00188. The molecule has 0 unspecified atom stereocenters. The Bertz CT molecular complexity index is 583. The van der Waals surface area contributed by atoms with Gasteiger partial charge in [-0.15, -0.1) is 0 Å². The number of aromatic carboxylic acids is 1. The molecule has 0 heterocycles. The standard InChI is InChI=1S/C14H21NO5S/c1-11-6-7-12(10-13(11)14(16)17)21(18,19)15-8-4-3-5-9-20-2/h6-7,10,15H,3-5,8-9H2,1-2H3,(H,16,17). The molecule has 0 aliphatic carbocycles. The van der Waals surface area contributed by atoms with E-state index >= 15 is 0 Å². The van der Waals surface area contributed by atoms with Gasteiger partial charge >= 0.3 is 5.97 Å². The van der Waals surface area contributed by atoms with E-state index < -0.39 is 16.0 Å². The van der Waals surface area contributed by atoms with E-state index in [4.69, 9.17) is 9.84 Å². The van der Waals surface area contributed by atoms with Crippen molar-refractivity contribution < 1.29 is 23.1 Å². The molecular weight excluding hydrogens is 294 g/mol. The lowest BCUT2D eigenvalue weighted by Crippen LogP contribution is -2.25. The minimum atomic E-state index is -3.67. The van der Waals surface area contributed by atoms with Gasteiger partial charge in [-0.25, -0.2) is 17.9 Å². The van der Waals surface area contributed by atoms with Gasteiger partial charge in [0, 0.05) is 20.3 Å². The maximum atomic E-state index is 12.1. The molecule has 1 aromatic rings. The summed E-state index contributed by atoms with van der Waals surface area (Å²) in [7, 11) is -2.05. The van der Waals surface area contributed by atoms with E-state index in [0.29, 0.717) is 25.1 Å². The molecule has 0 aliphatic rings. The van der Waals surface area contributed by atoms with E-state index in [9.17, 15) is 13.2 Å². The van der Waals surface area contributed by atoms with Crippen molar-refractivity contribution >= 4 is 16.0 Å². The average Bonchev–Trinajstić information content (AvgIpc) is 2.42. The second kappa shape index (κ2) is 8.11. The molecule has 1 rings (SSSR count). The summed E-state index contributed by atoms with van der Waals surface area (Å²) in [5, 5.41) is 9.03. The SMILES string of the molecule is COCCCCCNS(=O)(=O)c1ccc(C)c(C(=O)O)c1. The van der Waals surface area contributed by atoms with Crippen molar-refractivity contribution in [2.45, 2.75) is 31.1 Å². The molecule has 2 N–H and O–H groups in total. The molecule has 0 bridgehead atoms. The van der Waals surface area contributed by atoms with Crippen LogP contribution in [-0.4, -0.2) is 39.8 Å². The smallest absolute Gasteiger partial charge is 0.335 e. The number of hydrogen-bond donors (Lipinski definition) is 2. The number of sulfonamides is 1. The highest BCUT2D eigenvalue weighted by Crippen LogP contribution is 2.15. The van der Waals surface area contributed by atoms with Gasteiger partial charge in [-0.2, -0.15) is 0 Å². The molecular formula is C14H21NO5S. The summed E-state index contributed by atoms with van der Waals surface area (Å²) in [6.07, 6.45) is 2.46. The normalized spacial score (nSPS) is 11.5. The van der Waals surface area contributed by atoms with Gasteiger partial charge in [-0.05, 0) is 43.9 Å². The lowest BCUT2D eigenvalue weighted by Gasteiger charge is -2.08. The third kappa shape index (κ3) is 5.45. The molecule has 21 heavy (non-hydrogen) atoms. The fourth-order valence-corrected chi connectivity index (χ4v) is 2.94. The molecule has 0 radical (unpaired) electrons. The van der Waals surface area contributed by atoms with Crippen LogP contribution in [0.4, 0.5) is 0 Å². The van der Waals surface area contributed by atoms with E-state index in [0.717, 1.165) is 12.8 Å². The molecule has 0 saturated heterocycles. The number of rotatable bonds is 9. The Hall–Kier alpha value is -1.44. The Labute approximate surface area is 125 Å². The van der Waals surface area contributed by atoms with Crippen LogP contribution >= 0.6 is 0 Å². The van der Waals surface area contributed by atoms with Crippen LogP contribution in [0.2, 0.25) is 0 Å². The number of aryl methyl sites for hydroxylation is 1. The zero-order valence-electron chi connectivity index (χ0n) is 12.3. The number of nitrogens with one attached hydrogen (secondary N) is 1. The first-order valence-corrected chi connectivity index (χ1v) is 8.19. The van der Waals surface area contributed by atoms with Crippen LogP contribution in [0.1, 0.15) is 35.2 Å². The average molecular weight is 315 g/mol. The van der Waals surface area contributed by atoms with Crippen molar-refractivity contribution in [1.29, 1.82) is 0 Å². The zero-order chi connectivity index (χ0) is 15.9. The van der Waals surface area contributed by atoms with Crippen LogP contribution in [0, 0.1) is 6.92 Å². The lowest BCUT2D eigenvalue weighted by molar-refractivity contribution is 0.0696. The van der Waals surface area contributed by atoms with Crippen molar-refractivity contribution in [3.8, 4) is 0 Å². The summed E-state index contributed by atoms with van der Waals surface area (Å²) >= 11 is 0. The highest BCUT2D eigenvalue weighted by molar-refractivity contribution is 7.89. The summed E-state index contributed by atoms with van der Waals surface area (Å²) in [6.45, 7) is 2.61. The number of unbranched alkanes of at least 4 members (excludes halogenated alkanes) is 2. The Morgan fingerprint density at radius 2 is 2.00 bits per heavy atom. The Kier molecular flexibility index (Phi) is 6.80. The first-order chi connectivity index (χ1) is 9.88. The van der Waals surface area contributed by atoms with Crippen LogP contribution in [0.15, 0.2) is 23.1 Å². The van der Waals surface area contributed by atoms with Crippen LogP contribution < -0.4 is 4.72 Å². The van der Waals surface area contributed by atoms with Crippen molar-refractivity contribution in [1.82, 2.24) is 4.72 Å². The Morgan fingerprint density at radius 3 is 2.62 bits per heavy atom. The van der Waals surface area contributed by atoms with Crippen molar-refractivity contribution in [2.75, 3.05) is 20.3 Å². The van der Waals surface area contributed by atoms with E-state index in [2.05, 4.69) is 4.72 Å². The third-order valence-electron chi connectivity index (χ3n) is 3.07. The predicted molar refractivity (Wildman–Crippen MR) is 79.1 cm³/mol. The second-order valence-electron chi connectivity index (χ2n) is 4.73. The fraction of sp³-hybridized carbons (Fsp3) is 0.500. The van der Waals surface area contributed by atoms with Crippen LogP contribution in [0.5, 0.6) is 0 Å². The highest BCUT2D eigenvalue weighted by atomic mass is 32.2. The van der Waals surface area contributed by atoms with Crippen LogP contribution in [-0.2, 0) is 14.8 Å². The number of methoxy groups -OCH3 is 1. The Balaban J connectivity index is 2.66. The van der Waals surface area contributed by atoms with Crippen LogP contribution in [0.3, 0.4) is 0 Å². The maximum absolute atomic E-state index is 12.1. The minimum Gasteiger partial charge on any atom is -0.478 e. The molecule has 0 spiro atoms. The van der Waals surface area contributed by atoms with E-state index in [1.807, 2.05) is 0 Å². The number of carboxylic acids is 1. The van der Waals surface area contributed by atoms with Crippen molar-refractivity contribution in [2.24, 2.45) is 0 Å². The van der Waals surface area contributed by atoms with Gasteiger partial charge in [-0.1, -0.05) is 6.07 Å². The monoisotopic (exact) mass is 315 g/mol. The topological polar surface area (TPSA) is 92.7 Å². The van der Waals surface area contributed by atoms with Gasteiger partial charge in [0.25, 0.3) is 0 Å². The molecule has 0 atom stereocenters. The highest BCUT2D eigenvalue weighted by Gasteiger charge is 2.17. The molecule has 6 nitrogen and oxygen atoms in total. The van der Waals surface area contributed by atoms with Gasteiger partial charge in [0.2, 0.25) is 10.0 Å². The molecule has 118 valence electrons. The lowest BCUT2D eigenvalue weighted by atomic mass is 10.1. The molecule has 0 fully saturated rings. The number of carboxylic acid groups (broad SMARTS) is 1.